The van der Waals surface area contributed by atoms with Crippen LogP contribution < -0.4 is 5.43 Å². The lowest BCUT2D eigenvalue weighted by Crippen LogP contribution is -2.17. The number of aryl methyl sites for hydroxylation is 3. The number of carbonyl (C=O) groups is 1. The molecule has 1 amide bonds. The standard InChI is InChI=1S/C16H17N3O4/c1-4-13-6-5-12(8-15(13)19(21)22)9-17-18-16(20)14-7-10(2)23-11(14)3/h5-9H,4H2,1-3H3,(H,18,20)/b17-9-. The summed E-state index contributed by atoms with van der Waals surface area (Å²) < 4.78 is 5.28. The van der Waals surface area contributed by atoms with Gasteiger partial charge in [-0.2, -0.15) is 5.10 Å². The Morgan fingerprint density at radius 3 is 2.70 bits per heavy atom. The molecule has 1 N–H and O–H groups in total. The summed E-state index contributed by atoms with van der Waals surface area (Å²) in [5, 5.41) is 14.9. The maximum Gasteiger partial charge on any atom is 0.274 e. The average molecular weight is 315 g/mol. The highest BCUT2D eigenvalue weighted by atomic mass is 16.6. The lowest BCUT2D eigenvalue weighted by atomic mass is 10.1. The Morgan fingerprint density at radius 1 is 1.39 bits per heavy atom. The zero-order chi connectivity index (χ0) is 17.0. The number of rotatable bonds is 5. The first-order valence-corrected chi connectivity index (χ1v) is 7.10. The van der Waals surface area contributed by atoms with E-state index in [1.165, 1.54) is 12.3 Å². The van der Waals surface area contributed by atoms with Crippen molar-refractivity contribution in [3.63, 3.8) is 0 Å². The number of nitrogens with zero attached hydrogens (tertiary/aromatic N) is 2. The molecule has 0 saturated heterocycles. The zero-order valence-electron chi connectivity index (χ0n) is 13.1. The van der Waals surface area contributed by atoms with Crippen LogP contribution in [0, 0.1) is 24.0 Å². The molecule has 0 atom stereocenters. The van der Waals surface area contributed by atoms with Gasteiger partial charge in [0.15, 0.2) is 0 Å². The first-order valence-electron chi connectivity index (χ1n) is 7.10. The number of nitro benzene ring substituents is 1. The maximum absolute atomic E-state index is 12.0. The molecule has 23 heavy (non-hydrogen) atoms. The van der Waals surface area contributed by atoms with Crippen molar-refractivity contribution in [2.75, 3.05) is 0 Å². The van der Waals surface area contributed by atoms with Crippen LogP contribution in [0.5, 0.6) is 0 Å². The molecule has 7 nitrogen and oxygen atoms in total. The van der Waals surface area contributed by atoms with Gasteiger partial charge in [0, 0.05) is 17.2 Å². The number of nitrogens with one attached hydrogen (secondary N) is 1. The van der Waals surface area contributed by atoms with Gasteiger partial charge < -0.3 is 4.42 Å². The van der Waals surface area contributed by atoms with E-state index >= 15 is 0 Å². The molecule has 0 aliphatic rings. The summed E-state index contributed by atoms with van der Waals surface area (Å²) in [6.07, 6.45) is 1.94. The van der Waals surface area contributed by atoms with Gasteiger partial charge in [-0.05, 0) is 26.3 Å². The summed E-state index contributed by atoms with van der Waals surface area (Å²) in [7, 11) is 0. The number of hydrogen-bond donors (Lipinski definition) is 1. The minimum absolute atomic E-state index is 0.0454. The molecule has 120 valence electrons. The lowest BCUT2D eigenvalue weighted by molar-refractivity contribution is -0.385. The number of benzene rings is 1. The Kier molecular flexibility index (Phi) is 4.90. The molecule has 0 radical (unpaired) electrons. The molecule has 0 unspecified atom stereocenters. The van der Waals surface area contributed by atoms with Gasteiger partial charge in [-0.25, -0.2) is 5.43 Å². The predicted octanol–water partition coefficient (Wildman–Crippen LogP) is 3.13. The summed E-state index contributed by atoms with van der Waals surface area (Å²) in [5.74, 6) is 0.760. The molecule has 1 heterocycles. The van der Waals surface area contributed by atoms with Gasteiger partial charge in [-0.15, -0.1) is 0 Å². The van der Waals surface area contributed by atoms with Crippen LogP contribution in [0.15, 0.2) is 33.8 Å². The van der Waals surface area contributed by atoms with E-state index in [4.69, 9.17) is 4.42 Å². The van der Waals surface area contributed by atoms with Gasteiger partial charge in [0.1, 0.15) is 11.5 Å². The molecular formula is C16H17N3O4. The summed E-state index contributed by atoms with van der Waals surface area (Å²) in [4.78, 5) is 22.5. The molecule has 0 aliphatic heterocycles. The van der Waals surface area contributed by atoms with Crippen molar-refractivity contribution in [1.82, 2.24) is 5.43 Å². The summed E-state index contributed by atoms with van der Waals surface area (Å²) in [6, 6.07) is 6.46. The number of hydrazone groups is 1. The molecule has 1 aromatic heterocycles. The zero-order valence-corrected chi connectivity index (χ0v) is 13.1. The van der Waals surface area contributed by atoms with E-state index in [9.17, 15) is 14.9 Å². The van der Waals surface area contributed by atoms with Crippen molar-refractivity contribution >= 4 is 17.8 Å². The number of carbonyl (C=O) groups excluding carboxylic acids is 1. The minimum atomic E-state index is -0.424. The van der Waals surface area contributed by atoms with Gasteiger partial charge in [0.25, 0.3) is 11.6 Å². The van der Waals surface area contributed by atoms with Crippen molar-refractivity contribution in [2.24, 2.45) is 5.10 Å². The fourth-order valence-corrected chi connectivity index (χ4v) is 2.21. The highest BCUT2D eigenvalue weighted by Crippen LogP contribution is 2.20. The van der Waals surface area contributed by atoms with E-state index in [2.05, 4.69) is 10.5 Å². The Balaban J connectivity index is 2.11. The third-order valence-corrected chi connectivity index (χ3v) is 3.35. The van der Waals surface area contributed by atoms with Crippen LogP contribution in [0.3, 0.4) is 0 Å². The predicted molar refractivity (Wildman–Crippen MR) is 85.7 cm³/mol. The monoisotopic (exact) mass is 315 g/mol. The van der Waals surface area contributed by atoms with E-state index in [-0.39, 0.29) is 5.69 Å². The highest BCUT2D eigenvalue weighted by molar-refractivity contribution is 5.95. The van der Waals surface area contributed by atoms with E-state index < -0.39 is 10.8 Å². The highest BCUT2D eigenvalue weighted by Gasteiger charge is 2.13. The van der Waals surface area contributed by atoms with Crippen molar-refractivity contribution < 1.29 is 14.1 Å². The van der Waals surface area contributed by atoms with Gasteiger partial charge in [0.2, 0.25) is 0 Å². The molecule has 1 aromatic carbocycles. The molecule has 2 rings (SSSR count). The average Bonchev–Trinajstić information content (AvgIpc) is 2.85. The van der Waals surface area contributed by atoms with Crippen molar-refractivity contribution in [1.29, 1.82) is 0 Å². The fourth-order valence-electron chi connectivity index (χ4n) is 2.21. The third kappa shape index (κ3) is 3.82. The Morgan fingerprint density at radius 2 is 2.13 bits per heavy atom. The van der Waals surface area contributed by atoms with Crippen LogP contribution >= 0.6 is 0 Å². The third-order valence-electron chi connectivity index (χ3n) is 3.35. The lowest BCUT2D eigenvalue weighted by Gasteiger charge is -2.01. The first-order chi connectivity index (χ1) is 10.9. The Labute approximate surface area is 133 Å². The topological polar surface area (TPSA) is 97.7 Å². The maximum atomic E-state index is 12.0. The molecule has 0 spiro atoms. The Bertz CT molecular complexity index is 778. The van der Waals surface area contributed by atoms with E-state index in [0.29, 0.717) is 34.6 Å². The van der Waals surface area contributed by atoms with Crippen LogP contribution in [-0.2, 0) is 6.42 Å². The molecule has 0 aliphatic carbocycles. The molecule has 0 saturated carbocycles. The van der Waals surface area contributed by atoms with Gasteiger partial charge >= 0.3 is 0 Å². The summed E-state index contributed by atoms with van der Waals surface area (Å²) >= 11 is 0. The number of furan rings is 1. The SMILES string of the molecule is CCc1ccc(/C=N\NC(=O)c2cc(C)oc2C)cc1[N+](=O)[O-]. The van der Waals surface area contributed by atoms with Crippen LogP contribution in [0.4, 0.5) is 5.69 Å². The fraction of sp³-hybridized carbons (Fsp3) is 0.250. The minimum Gasteiger partial charge on any atom is -0.466 e. The van der Waals surface area contributed by atoms with Crippen molar-refractivity contribution in [3.8, 4) is 0 Å². The number of hydrogen-bond acceptors (Lipinski definition) is 5. The van der Waals surface area contributed by atoms with E-state index in [1.54, 1.807) is 32.0 Å². The molecule has 2 aromatic rings. The second-order valence-electron chi connectivity index (χ2n) is 5.02. The van der Waals surface area contributed by atoms with Crippen molar-refractivity contribution in [2.45, 2.75) is 27.2 Å². The second kappa shape index (κ2) is 6.87. The summed E-state index contributed by atoms with van der Waals surface area (Å²) in [6.45, 7) is 5.30. The van der Waals surface area contributed by atoms with E-state index in [0.717, 1.165) is 0 Å². The Hall–Kier alpha value is -2.96. The smallest absolute Gasteiger partial charge is 0.274 e. The molecular weight excluding hydrogens is 298 g/mol. The number of amides is 1. The molecule has 0 fully saturated rings. The van der Waals surface area contributed by atoms with Gasteiger partial charge in [0.05, 0.1) is 16.7 Å². The second-order valence-corrected chi connectivity index (χ2v) is 5.02. The van der Waals surface area contributed by atoms with Gasteiger partial charge in [-0.3, -0.25) is 14.9 Å². The molecule has 7 heteroatoms. The first kappa shape index (κ1) is 16.4. The van der Waals surface area contributed by atoms with Crippen LogP contribution in [0.1, 0.15) is 39.9 Å². The molecule has 0 bridgehead atoms. The quantitative estimate of drug-likeness (QED) is 0.520. The largest absolute Gasteiger partial charge is 0.466 e. The summed E-state index contributed by atoms with van der Waals surface area (Å²) in [5.41, 5.74) is 4.02. The normalized spacial score (nSPS) is 10.9. The van der Waals surface area contributed by atoms with Crippen LogP contribution in [0.25, 0.3) is 0 Å². The van der Waals surface area contributed by atoms with Crippen LogP contribution in [0.2, 0.25) is 0 Å². The number of nitro groups is 1. The van der Waals surface area contributed by atoms with Crippen molar-refractivity contribution in [3.05, 3.63) is 62.6 Å². The van der Waals surface area contributed by atoms with Gasteiger partial charge in [-0.1, -0.05) is 19.1 Å². The van der Waals surface area contributed by atoms with Crippen LogP contribution in [-0.4, -0.2) is 17.0 Å². The van der Waals surface area contributed by atoms with E-state index in [1.807, 2.05) is 6.92 Å².